The van der Waals surface area contributed by atoms with Gasteiger partial charge in [0, 0.05) is 0 Å². The normalized spacial score (nSPS) is 13.6. The summed E-state index contributed by atoms with van der Waals surface area (Å²) >= 11 is 0. The molecule has 10 heavy (non-hydrogen) atoms. The van der Waals surface area contributed by atoms with Gasteiger partial charge in [0.05, 0.1) is 0 Å². The summed E-state index contributed by atoms with van der Waals surface area (Å²) < 4.78 is 0. The van der Waals surface area contributed by atoms with Crippen LogP contribution >= 0.6 is 0 Å². The second-order valence-electron chi connectivity index (χ2n) is 1.75. The average molecular weight is 176 g/mol. The first-order chi connectivity index (χ1) is 3.85. The fraction of sp³-hybridized carbons (Fsp3) is 0.667. The van der Waals surface area contributed by atoms with Gasteiger partial charge in [0.2, 0.25) is 0 Å². The molecule has 0 aromatic heterocycles. The SMILES string of the molecule is CC(C(=O)O)[Si](O)(O)O.[NaH]. The van der Waals surface area contributed by atoms with Gasteiger partial charge in [-0.3, -0.25) is 4.79 Å². The zero-order valence-electron chi connectivity index (χ0n) is 4.77. The van der Waals surface area contributed by atoms with Crippen molar-refractivity contribution in [2.45, 2.75) is 12.5 Å². The topological polar surface area (TPSA) is 98.0 Å². The third-order valence-corrected chi connectivity index (χ3v) is 2.36. The summed E-state index contributed by atoms with van der Waals surface area (Å²) in [5, 5.41) is 8.07. The molecule has 0 aromatic carbocycles. The second-order valence-corrected chi connectivity index (χ2v) is 3.99. The number of rotatable bonds is 2. The van der Waals surface area contributed by atoms with Crippen LogP contribution in [0.3, 0.4) is 0 Å². The molecular weight excluding hydrogens is 167 g/mol. The van der Waals surface area contributed by atoms with Crippen molar-refractivity contribution in [3.63, 3.8) is 0 Å². The Labute approximate surface area is 81.0 Å². The number of hydrogen-bond acceptors (Lipinski definition) is 4. The molecule has 56 valence electrons. The number of carbonyl (C=O) groups is 1. The molecule has 0 radical (unpaired) electrons. The molecule has 4 N–H and O–H groups in total. The molecule has 0 saturated carbocycles. The molecule has 0 amide bonds. The molecule has 0 fully saturated rings. The van der Waals surface area contributed by atoms with Gasteiger partial charge in [-0.05, 0) is 6.92 Å². The molecule has 0 rings (SSSR count). The molecule has 0 aliphatic heterocycles. The van der Waals surface area contributed by atoms with Crippen molar-refractivity contribution in [3.8, 4) is 0 Å². The van der Waals surface area contributed by atoms with Crippen molar-refractivity contribution in [2.24, 2.45) is 0 Å². The molecule has 0 aliphatic carbocycles. The Morgan fingerprint density at radius 3 is 1.70 bits per heavy atom. The van der Waals surface area contributed by atoms with Crippen LogP contribution in [0.25, 0.3) is 0 Å². The molecule has 0 aromatic rings. The van der Waals surface area contributed by atoms with E-state index in [1.165, 1.54) is 0 Å². The Bertz CT molecular complexity index is 121. The summed E-state index contributed by atoms with van der Waals surface area (Å²) in [4.78, 5) is 34.9. The minimum absolute atomic E-state index is 0. The third kappa shape index (κ3) is 4.39. The van der Waals surface area contributed by atoms with Crippen LogP contribution in [0.4, 0.5) is 0 Å². The molecule has 5 nitrogen and oxygen atoms in total. The third-order valence-electron chi connectivity index (χ3n) is 0.951. The Morgan fingerprint density at radius 2 is 1.70 bits per heavy atom. The van der Waals surface area contributed by atoms with Crippen LogP contribution in [0.2, 0.25) is 5.54 Å². The van der Waals surface area contributed by atoms with Gasteiger partial charge in [0.15, 0.2) is 0 Å². The average Bonchev–Trinajstić information content (AvgIpc) is 1.62. The number of carboxylic acid groups (broad SMARTS) is 1. The standard InChI is InChI=1S/C3H8O5Si.Na.H/c1-2(3(4)5)9(6,7)8;;/h2,6-8H,1H3,(H,4,5);;. The Hall–Kier alpha value is 0.567. The summed E-state index contributed by atoms with van der Waals surface area (Å²) in [6.07, 6.45) is 0. The van der Waals surface area contributed by atoms with Crippen molar-refractivity contribution >= 4 is 44.3 Å². The molecule has 0 bridgehead atoms. The van der Waals surface area contributed by atoms with E-state index in [-0.39, 0.29) is 29.6 Å². The summed E-state index contributed by atoms with van der Waals surface area (Å²) in [7, 11) is -4.42. The fourth-order valence-corrected chi connectivity index (χ4v) is 0.497. The van der Waals surface area contributed by atoms with Gasteiger partial charge >= 0.3 is 44.3 Å². The number of carboxylic acids is 1. The van der Waals surface area contributed by atoms with Gasteiger partial charge < -0.3 is 19.5 Å². The van der Waals surface area contributed by atoms with Crippen LogP contribution in [0.5, 0.6) is 0 Å². The van der Waals surface area contributed by atoms with E-state index in [0.717, 1.165) is 6.92 Å². The van der Waals surface area contributed by atoms with Crippen LogP contribution in [-0.2, 0) is 4.79 Å². The van der Waals surface area contributed by atoms with Gasteiger partial charge in [-0.2, -0.15) is 0 Å². The predicted molar refractivity (Wildman–Crippen MR) is 36.6 cm³/mol. The maximum atomic E-state index is 9.90. The summed E-state index contributed by atoms with van der Waals surface area (Å²) in [5.74, 6) is -1.41. The van der Waals surface area contributed by atoms with Crippen LogP contribution in [-0.4, -0.2) is 63.8 Å². The molecule has 0 heterocycles. The monoisotopic (exact) mass is 176 g/mol. The van der Waals surface area contributed by atoms with Crippen molar-refractivity contribution in [2.75, 3.05) is 0 Å². The Morgan fingerprint density at radius 1 is 1.40 bits per heavy atom. The van der Waals surface area contributed by atoms with E-state index >= 15 is 0 Å². The molecule has 0 aliphatic rings. The number of aliphatic carboxylic acids is 1. The van der Waals surface area contributed by atoms with E-state index < -0.39 is 20.3 Å². The van der Waals surface area contributed by atoms with Crippen molar-refractivity contribution in [1.29, 1.82) is 0 Å². The van der Waals surface area contributed by atoms with Crippen LogP contribution < -0.4 is 0 Å². The van der Waals surface area contributed by atoms with E-state index in [0.29, 0.717) is 0 Å². The molecular formula is C3H9NaO5Si. The molecule has 1 unspecified atom stereocenters. The van der Waals surface area contributed by atoms with E-state index in [1.807, 2.05) is 0 Å². The first kappa shape index (κ1) is 13.2. The zero-order chi connectivity index (χ0) is 7.65. The maximum absolute atomic E-state index is 9.90. The van der Waals surface area contributed by atoms with Crippen molar-refractivity contribution in [1.82, 2.24) is 0 Å². The summed E-state index contributed by atoms with van der Waals surface area (Å²) in [5.41, 5.74) is -1.46. The Balaban J connectivity index is 0. The number of hydrogen-bond donors (Lipinski definition) is 4. The van der Waals surface area contributed by atoms with Crippen molar-refractivity contribution in [3.05, 3.63) is 0 Å². The van der Waals surface area contributed by atoms with Crippen LogP contribution in [0.1, 0.15) is 6.92 Å². The van der Waals surface area contributed by atoms with Gasteiger partial charge in [0.1, 0.15) is 5.54 Å². The van der Waals surface area contributed by atoms with Gasteiger partial charge in [0.25, 0.3) is 0 Å². The van der Waals surface area contributed by atoms with Gasteiger partial charge in [-0.1, -0.05) is 0 Å². The summed E-state index contributed by atoms with van der Waals surface area (Å²) in [6.45, 7) is 1.04. The molecule has 7 heteroatoms. The molecule has 1 atom stereocenters. The van der Waals surface area contributed by atoms with Crippen LogP contribution in [0, 0.1) is 0 Å². The van der Waals surface area contributed by atoms with E-state index in [4.69, 9.17) is 19.5 Å². The first-order valence-corrected chi connectivity index (χ1v) is 4.17. The summed E-state index contributed by atoms with van der Waals surface area (Å²) in [6, 6.07) is 0. The molecule has 0 spiro atoms. The van der Waals surface area contributed by atoms with Crippen LogP contribution in [0.15, 0.2) is 0 Å². The fourth-order valence-electron chi connectivity index (χ4n) is 0.166. The predicted octanol–water partition coefficient (Wildman–Crippen LogP) is -2.27. The first-order valence-electron chi connectivity index (χ1n) is 2.25. The minimum atomic E-state index is -4.42. The second kappa shape index (κ2) is 4.45. The van der Waals surface area contributed by atoms with Gasteiger partial charge in [-0.25, -0.2) is 0 Å². The van der Waals surface area contributed by atoms with Gasteiger partial charge in [-0.15, -0.1) is 0 Å². The Kier molecular flexibility index (Phi) is 5.86. The van der Waals surface area contributed by atoms with E-state index in [9.17, 15) is 4.79 Å². The quantitative estimate of drug-likeness (QED) is 0.356. The molecule has 0 saturated heterocycles. The van der Waals surface area contributed by atoms with E-state index in [1.54, 1.807) is 0 Å². The van der Waals surface area contributed by atoms with E-state index in [2.05, 4.69) is 0 Å². The van der Waals surface area contributed by atoms with Crippen molar-refractivity contribution < 1.29 is 24.3 Å². The zero-order valence-corrected chi connectivity index (χ0v) is 5.77.